The van der Waals surface area contributed by atoms with Gasteiger partial charge >= 0.3 is 0 Å². The number of halogens is 2. The summed E-state index contributed by atoms with van der Waals surface area (Å²) in [7, 11) is 0. The Morgan fingerprint density at radius 3 is 2.59 bits per heavy atom. The fourth-order valence-corrected chi connectivity index (χ4v) is 1.63. The molecule has 3 nitrogen and oxygen atoms in total. The maximum Gasteiger partial charge on any atom is 0.238 e. The standard InChI is InChI=1S/C12H14Cl2N2O/c1-3-8(2)15-7-11(17)16-12-9(13)5-4-6-10(12)14/h3-6,8,15H,1,7H2,2H3,(H,16,17). The molecule has 2 N–H and O–H groups in total. The van der Waals surface area contributed by atoms with Gasteiger partial charge in [0.05, 0.1) is 22.3 Å². The van der Waals surface area contributed by atoms with Gasteiger partial charge in [-0.05, 0) is 19.1 Å². The number of hydrogen-bond acceptors (Lipinski definition) is 2. The smallest absolute Gasteiger partial charge is 0.238 e. The average molecular weight is 273 g/mol. The van der Waals surface area contributed by atoms with Gasteiger partial charge in [0.25, 0.3) is 0 Å². The summed E-state index contributed by atoms with van der Waals surface area (Å²) in [6.45, 7) is 5.70. The van der Waals surface area contributed by atoms with Crippen molar-refractivity contribution in [3.8, 4) is 0 Å². The van der Waals surface area contributed by atoms with Crippen LogP contribution in [0.3, 0.4) is 0 Å². The third-order valence-electron chi connectivity index (χ3n) is 2.17. The molecule has 0 saturated heterocycles. The van der Waals surface area contributed by atoms with Crippen LogP contribution in [0.1, 0.15) is 6.92 Å². The van der Waals surface area contributed by atoms with Crippen LogP contribution in [-0.2, 0) is 4.79 Å². The van der Waals surface area contributed by atoms with Crippen LogP contribution in [0, 0.1) is 0 Å². The van der Waals surface area contributed by atoms with Crippen molar-refractivity contribution >= 4 is 34.8 Å². The van der Waals surface area contributed by atoms with E-state index in [9.17, 15) is 4.79 Å². The van der Waals surface area contributed by atoms with Crippen LogP contribution in [0.15, 0.2) is 30.9 Å². The summed E-state index contributed by atoms with van der Waals surface area (Å²) < 4.78 is 0. The highest BCUT2D eigenvalue weighted by Crippen LogP contribution is 2.29. The molecule has 1 amide bonds. The highest BCUT2D eigenvalue weighted by molar-refractivity contribution is 6.39. The number of hydrogen-bond donors (Lipinski definition) is 2. The summed E-state index contributed by atoms with van der Waals surface area (Å²) in [5.41, 5.74) is 0.439. The number of nitrogens with one attached hydrogen (secondary N) is 2. The molecule has 0 saturated carbocycles. The number of para-hydroxylation sites is 1. The first-order chi connectivity index (χ1) is 8.04. The van der Waals surface area contributed by atoms with Crippen LogP contribution in [0.5, 0.6) is 0 Å². The topological polar surface area (TPSA) is 41.1 Å². The predicted octanol–water partition coefficient (Wildman–Crippen LogP) is 3.10. The van der Waals surface area contributed by atoms with E-state index in [1.165, 1.54) is 0 Å². The zero-order chi connectivity index (χ0) is 12.8. The summed E-state index contributed by atoms with van der Waals surface area (Å²) in [6, 6.07) is 5.13. The van der Waals surface area contributed by atoms with Crippen molar-refractivity contribution in [3.05, 3.63) is 40.9 Å². The van der Waals surface area contributed by atoms with E-state index < -0.39 is 0 Å². The Labute approximate surface area is 111 Å². The Kier molecular flexibility index (Phi) is 5.48. The summed E-state index contributed by atoms with van der Waals surface area (Å²) in [6.07, 6.45) is 1.72. The Hall–Kier alpha value is -1.03. The van der Waals surface area contributed by atoms with Gasteiger partial charge in [0, 0.05) is 6.04 Å². The minimum atomic E-state index is -0.200. The lowest BCUT2D eigenvalue weighted by Gasteiger charge is -2.11. The minimum absolute atomic E-state index is 0.0717. The molecule has 92 valence electrons. The molecule has 0 aromatic heterocycles. The number of carbonyl (C=O) groups excluding carboxylic acids is 1. The first-order valence-electron chi connectivity index (χ1n) is 5.14. The van der Waals surface area contributed by atoms with Crippen molar-refractivity contribution in [3.63, 3.8) is 0 Å². The van der Waals surface area contributed by atoms with Crippen LogP contribution in [0.2, 0.25) is 10.0 Å². The minimum Gasteiger partial charge on any atom is -0.322 e. The lowest BCUT2D eigenvalue weighted by molar-refractivity contribution is -0.115. The fourth-order valence-electron chi connectivity index (χ4n) is 1.14. The Morgan fingerprint density at radius 2 is 2.06 bits per heavy atom. The van der Waals surface area contributed by atoms with Gasteiger partial charge in [0.2, 0.25) is 5.91 Å². The molecular formula is C12H14Cl2N2O. The van der Waals surface area contributed by atoms with E-state index in [-0.39, 0.29) is 18.5 Å². The molecule has 0 aliphatic rings. The molecule has 1 rings (SSSR count). The molecule has 0 bridgehead atoms. The van der Waals surface area contributed by atoms with Crippen molar-refractivity contribution in [1.82, 2.24) is 5.32 Å². The third-order valence-corrected chi connectivity index (χ3v) is 2.80. The van der Waals surface area contributed by atoms with Gasteiger partial charge < -0.3 is 10.6 Å². The average Bonchev–Trinajstić information content (AvgIpc) is 2.31. The maximum atomic E-state index is 11.6. The van der Waals surface area contributed by atoms with Gasteiger partial charge in [-0.15, -0.1) is 6.58 Å². The quantitative estimate of drug-likeness (QED) is 0.809. The molecule has 0 heterocycles. The van der Waals surface area contributed by atoms with E-state index in [1.807, 2.05) is 6.92 Å². The second-order valence-electron chi connectivity index (χ2n) is 3.55. The second kappa shape index (κ2) is 6.64. The van der Waals surface area contributed by atoms with Gasteiger partial charge in [-0.3, -0.25) is 4.79 Å². The zero-order valence-electron chi connectivity index (χ0n) is 9.47. The van der Waals surface area contributed by atoms with Crippen LogP contribution >= 0.6 is 23.2 Å². The number of carbonyl (C=O) groups is 1. The highest BCUT2D eigenvalue weighted by Gasteiger charge is 2.09. The second-order valence-corrected chi connectivity index (χ2v) is 4.36. The maximum absolute atomic E-state index is 11.6. The lowest BCUT2D eigenvalue weighted by atomic mass is 10.3. The molecule has 1 aromatic rings. The van der Waals surface area contributed by atoms with E-state index >= 15 is 0 Å². The molecule has 0 fully saturated rings. The van der Waals surface area contributed by atoms with E-state index in [0.717, 1.165) is 0 Å². The summed E-state index contributed by atoms with van der Waals surface area (Å²) in [5, 5.41) is 6.47. The van der Waals surface area contributed by atoms with E-state index in [0.29, 0.717) is 15.7 Å². The van der Waals surface area contributed by atoms with Gasteiger partial charge in [-0.2, -0.15) is 0 Å². The summed E-state index contributed by atoms with van der Waals surface area (Å²) in [4.78, 5) is 11.6. The number of amides is 1. The Morgan fingerprint density at radius 1 is 1.47 bits per heavy atom. The van der Waals surface area contributed by atoms with Crippen molar-refractivity contribution < 1.29 is 4.79 Å². The Balaban J connectivity index is 2.59. The zero-order valence-corrected chi connectivity index (χ0v) is 11.0. The first-order valence-corrected chi connectivity index (χ1v) is 5.90. The fraction of sp³-hybridized carbons (Fsp3) is 0.250. The number of rotatable bonds is 5. The Bertz CT molecular complexity index is 401. The number of benzene rings is 1. The molecule has 0 aliphatic heterocycles. The first kappa shape index (κ1) is 14.0. The lowest BCUT2D eigenvalue weighted by Crippen LogP contribution is -2.33. The largest absolute Gasteiger partial charge is 0.322 e. The molecule has 5 heteroatoms. The van der Waals surface area contributed by atoms with Crippen LogP contribution in [0.4, 0.5) is 5.69 Å². The molecule has 1 unspecified atom stereocenters. The number of anilines is 1. The SMILES string of the molecule is C=CC(C)NCC(=O)Nc1c(Cl)cccc1Cl. The van der Waals surface area contributed by atoms with Crippen molar-refractivity contribution in [1.29, 1.82) is 0 Å². The predicted molar refractivity (Wildman–Crippen MR) is 72.8 cm³/mol. The summed E-state index contributed by atoms with van der Waals surface area (Å²) >= 11 is 11.9. The van der Waals surface area contributed by atoms with E-state index in [2.05, 4.69) is 17.2 Å². The van der Waals surface area contributed by atoms with Crippen LogP contribution in [-0.4, -0.2) is 18.5 Å². The van der Waals surface area contributed by atoms with Gasteiger partial charge in [-0.25, -0.2) is 0 Å². The van der Waals surface area contributed by atoms with Crippen LogP contribution in [0.25, 0.3) is 0 Å². The normalized spacial score (nSPS) is 11.9. The van der Waals surface area contributed by atoms with E-state index in [4.69, 9.17) is 23.2 Å². The molecule has 0 aliphatic carbocycles. The van der Waals surface area contributed by atoms with Crippen molar-refractivity contribution in [2.75, 3.05) is 11.9 Å². The van der Waals surface area contributed by atoms with E-state index in [1.54, 1.807) is 24.3 Å². The van der Waals surface area contributed by atoms with Crippen molar-refractivity contribution in [2.24, 2.45) is 0 Å². The third kappa shape index (κ3) is 4.38. The van der Waals surface area contributed by atoms with Gasteiger partial charge in [-0.1, -0.05) is 35.3 Å². The monoisotopic (exact) mass is 272 g/mol. The molecular weight excluding hydrogens is 259 g/mol. The molecule has 1 atom stereocenters. The highest BCUT2D eigenvalue weighted by atomic mass is 35.5. The molecule has 17 heavy (non-hydrogen) atoms. The van der Waals surface area contributed by atoms with Crippen LogP contribution < -0.4 is 10.6 Å². The summed E-state index contributed by atoms with van der Waals surface area (Å²) in [5.74, 6) is -0.200. The van der Waals surface area contributed by atoms with Gasteiger partial charge in [0.1, 0.15) is 0 Å². The molecule has 0 radical (unpaired) electrons. The molecule has 1 aromatic carbocycles. The van der Waals surface area contributed by atoms with Crippen molar-refractivity contribution in [2.45, 2.75) is 13.0 Å². The van der Waals surface area contributed by atoms with Gasteiger partial charge in [0.15, 0.2) is 0 Å². The molecule has 0 spiro atoms.